The van der Waals surface area contributed by atoms with Crippen LogP contribution in [0.2, 0.25) is 0 Å². The van der Waals surface area contributed by atoms with Gasteiger partial charge in [0.2, 0.25) is 5.91 Å². The Balaban J connectivity index is 0.00000150. The zero-order valence-electron chi connectivity index (χ0n) is 16.4. The number of fused-ring (bicyclic) bond motifs is 4. The van der Waals surface area contributed by atoms with Crippen molar-refractivity contribution < 1.29 is 4.79 Å². The van der Waals surface area contributed by atoms with Crippen molar-refractivity contribution in [1.29, 1.82) is 0 Å². The van der Waals surface area contributed by atoms with Gasteiger partial charge >= 0.3 is 0 Å². The predicted molar refractivity (Wildman–Crippen MR) is 131 cm³/mol. The molecular formula is C20H23Cl3N6O. The maximum absolute atomic E-state index is 12.0. The minimum absolute atomic E-state index is 0. The molecule has 2 heterocycles. The number of hydrogen-bond donors (Lipinski definition) is 3. The van der Waals surface area contributed by atoms with Crippen LogP contribution in [0.3, 0.4) is 0 Å². The van der Waals surface area contributed by atoms with E-state index in [0.717, 1.165) is 27.8 Å². The molecule has 4 rings (SSSR count). The van der Waals surface area contributed by atoms with Crippen LogP contribution in [0.15, 0.2) is 47.5 Å². The molecule has 0 spiro atoms. The van der Waals surface area contributed by atoms with Crippen molar-refractivity contribution in [1.82, 2.24) is 9.55 Å². The maximum Gasteiger partial charge on any atom is 0.246 e. The Morgan fingerprint density at radius 3 is 2.50 bits per heavy atom. The van der Waals surface area contributed by atoms with Crippen molar-refractivity contribution in [3.8, 4) is 11.4 Å². The number of benzene rings is 2. The van der Waals surface area contributed by atoms with Crippen LogP contribution < -0.4 is 16.8 Å². The first-order valence-electron chi connectivity index (χ1n) is 8.58. The van der Waals surface area contributed by atoms with Crippen molar-refractivity contribution in [2.45, 2.75) is 6.92 Å². The fourth-order valence-corrected chi connectivity index (χ4v) is 3.51. The molecule has 7 nitrogen and oxygen atoms in total. The Kier molecular flexibility index (Phi) is 8.30. The summed E-state index contributed by atoms with van der Waals surface area (Å²) in [6.45, 7) is 1.99. The number of carbonyl (C=O) groups excluding carboxylic acids is 1. The summed E-state index contributed by atoms with van der Waals surface area (Å²) in [5.74, 6) is 0.534. The van der Waals surface area contributed by atoms with E-state index in [1.54, 1.807) is 0 Å². The highest BCUT2D eigenvalue weighted by molar-refractivity contribution is 6.05. The van der Waals surface area contributed by atoms with Gasteiger partial charge in [-0.15, -0.1) is 37.2 Å². The lowest BCUT2D eigenvalue weighted by atomic mass is 10.00. The molecule has 0 aromatic heterocycles. The van der Waals surface area contributed by atoms with E-state index in [2.05, 4.69) is 33.9 Å². The first-order chi connectivity index (χ1) is 13.0. The normalized spacial score (nSPS) is 10.1. The SMILES string of the molecule is Cc1c2c3cc(NC(=O)CN=C(N)N)ccc3nc-2n(C)c2ccccc12.Cl.Cl.Cl. The molecule has 1 amide bonds. The van der Waals surface area contributed by atoms with Gasteiger partial charge in [-0.3, -0.25) is 4.79 Å². The zero-order valence-corrected chi connectivity index (χ0v) is 18.8. The van der Waals surface area contributed by atoms with Gasteiger partial charge in [-0.25, -0.2) is 9.98 Å². The van der Waals surface area contributed by atoms with Crippen LogP contribution in [0, 0.1) is 6.92 Å². The van der Waals surface area contributed by atoms with E-state index in [1.165, 1.54) is 10.9 Å². The van der Waals surface area contributed by atoms with Crippen LogP contribution in [0.4, 0.5) is 5.69 Å². The second-order valence-corrected chi connectivity index (χ2v) is 6.53. The largest absolute Gasteiger partial charge is 0.370 e. The fraction of sp³-hybridized carbons (Fsp3) is 0.150. The van der Waals surface area contributed by atoms with Crippen LogP contribution in [0.5, 0.6) is 0 Å². The van der Waals surface area contributed by atoms with Crippen molar-refractivity contribution in [2.24, 2.45) is 23.5 Å². The Bertz CT molecular complexity index is 1200. The average molecular weight is 470 g/mol. The van der Waals surface area contributed by atoms with E-state index >= 15 is 0 Å². The molecule has 0 saturated carbocycles. The lowest BCUT2D eigenvalue weighted by molar-refractivity contribution is -0.114. The molecule has 0 radical (unpaired) electrons. The number of carbonyl (C=O) groups is 1. The number of nitrogens with two attached hydrogens (primary N) is 2. The number of guanidine groups is 1. The van der Waals surface area contributed by atoms with Crippen molar-refractivity contribution >= 4 is 76.6 Å². The van der Waals surface area contributed by atoms with E-state index in [-0.39, 0.29) is 55.6 Å². The zero-order chi connectivity index (χ0) is 19.1. The first kappa shape index (κ1) is 25.3. The van der Waals surface area contributed by atoms with Gasteiger partial charge in [0.05, 0.1) is 5.52 Å². The number of rotatable bonds is 3. The number of hydrogen-bond acceptors (Lipinski definition) is 3. The van der Waals surface area contributed by atoms with Gasteiger partial charge in [-0.05, 0) is 36.8 Å². The molecule has 0 fully saturated rings. The summed E-state index contributed by atoms with van der Waals surface area (Å²) in [4.78, 5) is 20.5. The molecule has 10 heteroatoms. The van der Waals surface area contributed by atoms with E-state index in [1.807, 2.05) is 37.4 Å². The number of aromatic nitrogens is 2. The Morgan fingerprint density at radius 2 is 1.80 bits per heavy atom. The highest BCUT2D eigenvalue weighted by Crippen LogP contribution is 2.38. The van der Waals surface area contributed by atoms with Crippen LogP contribution in [-0.4, -0.2) is 28.0 Å². The van der Waals surface area contributed by atoms with Crippen LogP contribution in [0.25, 0.3) is 33.2 Å². The summed E-state index contributed by atoms with van der Waals surface area (Å²) in [5, 5.41) is 5.01. The van der Waals surface area contributed by atoms with Gasteiger partial charge in [0.15, 0.2) is 5.96 Å². The van der Waals surface area contributed by atoms with Gasteiger partial charge < -0.3 is 21.4 Å². The molecular weight excluding hydrogens is 447 g/mol. The third-order valence-corrected chi connectivity index (χ3v) is 4.77. The smallest absolute Gasteiger partial charge is 0.246 e. The highest BCUT2D eigenvalue weighted by Gasteiger charge is 2.20. The van der Waals surface area contributed by atoms with Gasteiger partial charge in [-0.1, -0.05) is 18.2 Å². The maximum atomic E-state index is 12.0. The molecule has 5 N–H and O–H groups in total. The van der Waals surface area contributed by atoms with Gasteiger partial charge in [-0.2, -0.15) is 0 Å². The van der Waals surface area contributed by atoms with Crippen LogP contribution in [-0.2, 0) is 11.8 Å². The Morgan fingerprint density at radius 1 is 1.10 bits per heavy atom. The molecule has 0 bridgehead atoms. The Hall–Kier alpha value is -2.74. The standard InChI is InChI=1S/C20H20N6O.3ClH/c1-11-13-5-3-4-6-16(13)26(2)19-18(11)14-9-12(7-8-15(14)25-19)24-17(27)10-23-20(21)22;;;/h3-9H,10H2,1-2H3,(H,24,27)(H4,21,22,23);3*1H. The molecule has 2 aliphatic rings. The van der Waals surface area contributed by atoms with Gasteiger partial charge in [0, 0.05) is 34.6 Å². The number of nitrogens with one attached hydrogen (secondary N) is 1. The number of amides is 1. The quantitative estimate of drug-likeness (QED) is 0.314. The predicted octanol–water partition coefficient (Wildman–Crippen LogP) is 3.62. The van der Waals surface area contributed by atoms with Gasteiger partial charge in [0.25, 0.3) is 0 Å². The summed E-state index contributed by atoms with van der Waals surface area (Å²) >= 11 is 0. The molecule has 2 aromatic rings. The van der Waals surface area contributed by atoms with E-state index < -0.39 is 0 Å². The number of anilines is 1. The third-order valence-electron chi connectivity index (χ3n) is 4.77. The summed E-state index contributed by atoms with van der Waals surface area (Å²) in [5.41, 5.74) is 15.5. The summed E-state index contributed by atoms with van der Waals surface area (Å²) in [6.07, 6.45) is 0. The summed E-state index contributed by atoms with van der Waals surface area (Å²) in [6, 6.07) is 14.0. The van der Waals surface area contributed by atoms with E-state index in [4.69, 9.17) is 16.5 Å². The van der Waals surface area contributed by atoms with Crippen molar-refractivity contribution in [2.75, 3.05) is 11.9 Å². The molecule has 160 valence electrons. The van der Waals surface area contributed by atoms with Gasteiger partial charge in [0.1, 0.15) is 12.4 Å². The van der Waals surface area contributed by atoms with Crippen molar-refractivity contribution in [3.63, 3.8) is 0 Å². The van der Waals surface area contributed by atoms with E-state index in [0.29, 0.717) is 5.69 Å². The number of aryl methyl sites for hydroxylation is 2. The second kappa shape index (κ2) is 9.84. The molecule has 2 aromatic carbocycles. The first-order valence-corrected chi connectivity index (χ1v) is 8.58. The average Bonchev–Trinajstić information content (AvgIpc) is 3.04. The monoisotopic (exact) mass is 468 g/mol. The number of halogens is 3. The molecule has 0 aliphatic carbocycles. The number of aliphatic imine (C=N–C) groups is 1. The molecule has 2 aliphatic heterocycles. The molecule has 0 saturated heterocycles. The second-order valence-electron chi connectivity index (χ2n) is 6.53. The lowest BCUT2D eigenvalue weighted by Gasteiger charge is -2.15. The number of pyridine rings is 1. The van der Waals surface area contributed by atoms with Crippen LogP contribution >= 0.6 is 37.2 Å². The van der Waals surface area contributed by atoms with E-state index in [9.17, 15) is 4.79 Å². The molecule has 30 heavy (non-hydrogen) atoms. The minimum Gasteiger partial charge on any atom is -0.370 e. The van der Waals surface area contributed by atoms with Crippen LogP contribution in [0.1, 0.15) is 5.56 Å². The lowest BCUT2D eigenvalue weighted by Crippen LogP contribution is -2.25. The Labute approximate surface area is 192 Å². The topological polar surface area (TPSA) is 111 Å². The third kappa shape index (κ3) is 4.38. The molecule has 0 atom stereocenters. The summed E-state index contributed by atoms with van der Waals surface area (Å²) in [7, 11) is 2.02. The van der Waals surface area contributed by atoms with Crippen molar-refractivity contribution in [3.05, 3.63) is 48.0 Å². The minimum atomic E-state index is -0.278. The molecule has 0 unspecified atom stereocenters. The summed E-state index contributed by atoms with van der Waals surface area (Å²) < 4.78 is 2.11. The number of para-hydroxylation sites is 1. The highest BCUT2D eigenvalue weighted by atomic mass is 35.5. The fourth-order valence-electron chi connectivity index (χ4n) is 3.51. The number of nitrogens with zero attached hydrogens (tertiary/aromatic N) is 3.